The van der Waals surface area contributed by atoms with Gasteiger partial charge in [0.2, 0.25) is 0 Å². The molecule has 20 heavy (non-hydrogen) atoms. The highest BCUT2D eigenvalue weighted by Gasteiger charge is 2.75. The Morgan fingerprint density at radius 3 is 2.20 bits per heavy atom. The van der Waals surface area contributed by atoms with Crippen LogP contribution >= 0.6 is 0 Å². The molecule has 3 aliphatic rings. The van der Waals surface area contributed by atoms with E-state index in [9.17, 15) is 5.11 Å². The van der Waals surface area contributed by atoms with Gasteiger partial charge in [0.15, 0.2) is 5.79 Å². The summed E-state index contributed by atoms with van der Waals surface area (Å²) in [5, 5.41) is 11.0. The van der Waals surface area contributed by atoms with Crippen LogP contribution in [0.4, 0.5) is 0 Å². The van der Waals surface area contributed by atoms with Crippen molar-refractivity contribution in [3.8, 4) is 0 Å². The lowest BCUT2D eigenvalue weighted by molar-refractivity contribution is -0.0794. The minimum atomic E-state index is -0.860. The third-order valence-corrected chi connectivity index (χ3v) is 7.94. The third-order valence-electron chi connectivity index (χ3n) is 7.94. The van der Waals surface area contributed by atoms with Crippen LogP contribution in [0.1, 0.15) is 67.7 Å². The van der Waals surface area contributed by atoms with Crippen LogP contribution in [0.3, 0.4) is 0 Å². The van der Waals surface area contributed by atoms with E-state index < -0.39 is 5.79 Å². The standard InChI is InChI=1S/C18H32O2/c1-8-13-18(19,20-13)14-11(2)17(7)12(16(14,5)6)9-10-15(17,3)4/h11-14,19H,8-10H2,1-7H3/t11?,12?,13?,14-,17?,18+/m0/s1. The first-order valence-corrected chi connectivity index (χ1v) is 8.43. The second-order valence-corrected chi connectivity index (χ2v) is 9.11. The van der Waals surface area contributed by atoms with E-state index in [2.05, 4.69) is 48.5 Å². The first-order valence-electron chi connectivity index (χ1n) is 8.43. The van der Waals surface area contributed by atoms with Gasteiger partial charge in [-0.3, -0.25) is 0 Å². The largest absolute Gasteiger partial charge is 0.363 e. The van der Waals surface area contributed by atoms with Crippen molar-refractivity contribution < 1.29 is 9.84 Å². The summed E-state index contributed by atoms with van der Waals surface area (Å²) in [4.78, 5) is 0. The molecule has 0 aromatic carbocycles. The second kappa shape index (κ2) is 3.81. The van der Waals surface area contributed by atoms with Crippen molar-refractivity contribution in [2.45, 2.75) is 79.6 Å². The highest BCUT2D eigenvalue weighted by Crippen LogP contribution is 2.76. The molecular formula is C18H32O2. The van der Waals surface area contributed by atoms with E-state index in [1.54, 1.807) is 0 Å². The third kappa shape index (κ3) is 1.43. The Labute approximate surface area is 124 Å². The predicted molar refractivity (Wildman–Crippen MR) is 81.2 cm³/mol. The number of hydrogen-bond donors (Lipinski definition) is 1. The highest BCUT2D eigenvalue weighted by molar-refractivity contribution is 5.20. The Hall–Kier alpha value is -0.0800. The quantitative estimate of drug-likeness (QED) is 0.768. The molecule has 3 rings (SSSR count). The predicted octanol–water partition coefficient (Wildman–Crippen LogP) is 4.22. The SMILES string of the molecule is CCC1O[C@@]1(O)[C@H]1C(C)C2(C)C(CCC2(C)C)C1(C)C. The summed E-state index contributed by atoms with van der Waals surface area (Å²) in [6, 6.07) is 0. The van der Waals surface area contributed by atoms with Crippen molar-refractivity contribution in [3.05, 3.63) is 0 Å². The van der Waals surface area contributed by atoms with Gasteiger partial charge in [0, 0.05) is 5.92 Å². The Kier molecular flexibility index (Phi) is 2.83. The van der Waals surface area contributed by atoms with Crippen LogP contribution in [-0.2, 0) is 4.74 Å². The molecule has 4 unspecified atom stereocenters. The zero-order valence-corrected chi connectivity index (χ0v) is 14.3. The number of ether oxygens (including phenoxy) is 1. The number of fused-ring (bicyclic) bond motifs is 1. The van der Waals surface area contributed by atoms with E-state index in [1.165, 1.54) is 12.8 Å². The fraction of sp³-hybridized carbons (Fsp3) is 1.00. The van der Waals surface area contributed by atoms with Crippen LogP contribution in [-0.4, -0.2) is 17.0 Å². The summed E-state index contributed by atoms with van der Waals surface area (Å²) in [6.45, 7) is 16.6. The van der Waals surface area contributed by atoms with Gasteiger partial charge in [0.05, 0.1) is 0 Å². The molecule has 0 bridgehead atoms. The molecule has 0 spiro atoms. The van der Waals surface area contributed by atoms with Crippen LogP contribution in [0.5, 0.6) is 0 Å². The smallest absolute Gasteiger partial charge is 0.196 e. The summed E-state index contributed by atoms with van der Waals surface area (Å²) in [7, 11) is 0. The molecule has 0 radical (unpaired) electrons. The molecule has 1 saturated heterocycles. The van der Waals surface area contributed by atoms with E-state index in [1.807, 2.05) is 0 Å². The summed E-state index contributed by atoms with van der Waals surface area (Å²) in [5.41, 5.74) is 0.817. The summed E-state index contributed by atoms with van der Waals surface area (Å²) < 4.78 is 5.78. The first-order chi connectivity index (χ1) is 9.03. The molecule has 6 atom stereocenters. The fourth-order valence-electron chi connectivity index (χ4n) is 6.57. The lowest BCUT2D eigenvalue weighted by Gasteiger charge is -2.44. The van der Waals surface area contributed by atoms with Crippen LogP contribution in [0.25, 0.3) is 0 Å². The Bertz CT molecular complexity index is 427. The van der Waals surface area contributed by atoms with E-state index >= 15 is 0 Å². The van der Waals surface area contributed by atoms with Crippen molar-refractivity contribution in [1.82, 2.24) is 0 Å². The van der Waals surface area contributed by atoms with Crippen LogP contribution in [0.2, 0.25) is 0 Å². The summed E-state index contributed by atoms with van der Waals surface area (Å²) in [5.74, 6) is 0.591. The average Bonchev–Trinajstić information content (AvgIpc) is 2.85. The van der Waals surface area contributed by atoms with Crippen molar-refractivity contribution in [2.24, 2.45) is 34.0 Å². The molecule has 1 aliphatic heterocycles. The number of rotatable bonds is 2. The van der Waals surface area contributed by atoms with Gasteiger partial charge in [-0.15, -0.1) is 0 Å². The van der Waals surface area contributed by atoms with Gasteiger partial charge >= 0.3 is 0 Å². The van der Waals surface area contributed by atoms with Crippen molar-refractivity contribution in [2.75, 3.05) is 0 Å². The van der Waals surface area contributed by atoms with Crippen molar-refractivity contribution in [1.29, 1.82) is 0 Å². The molecule has 2 saturated carbocycles. The summed E-state index contributed by atoms with van der Waals surface area (Å²) in [6.07, 6.45) is 3.58. The van der Waals surface area contributed by atoms with E-state index in [4.69, 9.17) is 4.74 Å². The topological polar surface area (TPSA) is 32.8 Å². The van der Waals surface area contributed by atoms with Gasteiger partial charge in [-0.25, -0.2) is 0 Å². The molecule has 0 amide bonds. The zero-order valence-electron chi connectivity index (χ0n) is 14.3. The molecule has 116 valence electrons. The molecule has 1 N–H and O–H groups in total. The second-order valence-electron chi connectivity index (χ2n) is 9.11. The molecule has 3 fully saturated rings. The molecule has 2 aliphatic carbocycles. The van der Waals surface area contributed by atoms with Gasteiger partial charge in [0.1, 0.15) is 6.10 Å². The van der Waals surface area contributed by atoms with Crippen molar-refractivity contribution in [3.63, 3.8) is 0 Å². The highest BCUT2D eigenvalue weighted by atomic mass is 16.7. The fourth-order valence-corrected chi connectivity index (χ4v) is 6.57. The van der Waals surface area contributed by atoms with Crippen LogP contribution in [0, 0.1) is 34.0 Å². The van der Waals surface area contributed by atoms with E-state index in [-0.39, 0.29) is 17.4 Å². The Balaban J connectivity index is 2.03. The van der Waals surface area contributed by atoms with E-state index in [0.717, 1.165) is 6.42 Å². The van der Waals surface area contributed by atoms with Gasteiger partial charge in [-0.1, -0.05) is 48.5 Å². The number of epoxide rings is 1. The van der Waals surface area contributed by atoms with Crippen molar-refractivity contribution >= 4 is 0 Å². The van der Waals surface area contributed by atoms with Gasteiger partial charge in [0.25, 0.3) is 0 Å². The van der Waals surface area contributed by atoms with Gasteiger partial charge < -0.3 is 9.84 Å². The van der Waals surface area contributed by atoms with Crippen LogP contribution < -0.4 is 0 Å². The molecular weight excluding hydrogens is 248 g/mol. The molecule has 2 heteroatoms. The van der Waals surface area contributed by atoms with E-state index in [0.29, 0.717) is 22.7 Å². The molecule has 0 aromatic rings. The first kappa shape index (κ1) is 14.8. The molecule has 2 nitrogen and oxygen atoms in total. The average molecular weight is 280 g/mol. The van der Waals surface area contributed by atoms with Crippen LogP contribution in [0.15, 0.2) is 0 Å². The van der Waals surface area contributed by atoms with Gasteiger partial charge in [-0.05, 0) is 47.3 Å². The normalized spacial score (nSPS) is 55.8. The number of aliphatic hydroxyl groups is 1. The Morgan fingerprint density at radius 1 is 1.15 bits per heavy atom. The molecule has 1 heterocycles. The maximum atomic E-state index is 11.0. The minimum absolute atomic E-state index is 0.0553. The van der Waals surface area contributed by atoms with Gasteiger partial charge in [-0.2, -0.15) is 0 Å². The lowest BCUT2D eigenvalue weighted by Crippen LogP contribution is -2.41. The monoisotopic (exact) mass is 280 g/mol. The number of hydrogen-bond acceptors (Lipinski definition) is 2. The lowest BCUT2D eigenvalue weighted by atomic mass is 9.61. The zero-order chi connectivity index (χ0) is 15.1. The maximum Gasteiger partial charge on any atom is 0.196 e. The molecule has 0 aromatic heterocycles. The Morgan fingerprint density at radius 2 is 1.75 bits per heavy atom. The maximum absolute atomic E-state index is 11.0. The summed E-state index contributed by atoms with van der Waals surface area (Å²) >= 11 is 0. The minimum Gasteiger partial charge on any atom is -0.363 e.